The predicted octanol–water partition coefficient (Wildman–Crippen LogP) is 2.94. The average molecular weight is 370 g/mol. The van der Waals surface area contributed by atoms with Crippen LogP contribution in [0.1, 0.15) is 5.56 Å². The summed E-state index contributed by atoms with van der Waals surface area (Å²) in [5.74, 6) is -0.933. The zero-order valence-corrected chi connectivity index (χ0v) is 14.6. The SMILES string of the molecule is COc1ccc(S(=O)(=O)N(CC(=O)O)c2ccccc2C)cc1Cl. The fraction of sp³-hybridized carbons (Fsp3) is 0.188. The van der Waals surface area contributed by atoms with Crippen LogP contribution < -0.4 is 9.04 Å². The van der Waals surface area contributed by atoms with Crippen LogP contribution in [-0.2, 0) is 14.8 Å². The molecular formula is C16H16ClNO5S. The van der Waals surface area contributed by atoms with Gasteiger partial charge in [0.25, 0.3) is 10.0 Å². The standard InChI is InChI=1S/C16H16ClNO5S/c1-11-5-3-4-6-14(11)18(10-16(19)20)24(21,22)12-7-8-15(23-2)13(17)9-12/h3-9H,10H2,1-2H3,(H,19,20). The van der Waals surface area contributed by atoms with Gasteiger partial charge in [-0.3, -0.25) is 9.10 Å². The molecule has 0 unspecified atom stereocenters. The Labute approximate surface area is 145 Å². The first kappa shape index (κ1) is 18.1. The molecule has 0 saturated carbocycles. The highest BCUT2D eigenvalue weighted by Crippen LogP contribution is 2.31. The molecule has 0 radical (unpaired) electrons. The van der Waals surface area contributed by atoms with Crippen LogP contribution in [0.25, 0.3) is 0 Å². The Morgan fingerprint density at radius 1 is 1.25 bits per heavy atom. The minimum Gasteiger partial charge on any atom is -0.495 e. The first-order chi connectivity index (χ1) is 11.3. The van der Waals surface area contributed by atoms with Crippen molar-refractivity contribution in [2.24, 2.45) is 0 Å². The first-order valence-electron chi connectivity index (χ1n) is 6.91. The number of carboxylic acid groups (broad SMARTS) is 1. The molecule has 0 aromatic heterocycles. The summed E-state index contributed by atoms with van der Waals surface area (Å²) in [6, 6.07) is 10.6. The third kappa shape index (κ3) is 3.63. The molecule has 0 aliphatic heterocycles. The number of benzene rings is 2. The van der Waals surface area contributed by atoms with Gasteiger partial charge in [0.15, 0.2) is 0 Å². The molecule has 0 fully saturated rings. The maximum absolute atomic E-state index is 12.9. The highest BCUT2D eigenvalue weighted by molar-refractivity contribution is 7.92. The molecule has 6 nitrogen and oxygen atoms in total. The molecule has 2 rings (SSSR count). The minimum absolute atomic E-state index is 0.113. The van der Waals surface area contributed by atoms with Gasteiger partial charge < -0.3 is 9.84 Å². The lowest BCUT2D eigenvalue weighted by molar-refractivity contribution is -0.135. The van der Waals surface area contributed by atoms with Crippen molar-refractivity contribution < 1.29 is 23.1 Å². The smallest absolute Gasteiger partial charge is 0.324 e. The number of hydrogen-bond donors (Lipinski definition) is 1. The number of sulfonamides is 1. The lowest BCUT2D eigenvalue weighted by Crippen LogP contribution is -2.36. The number of para-hydroxylation sites is 1. The van der Waals surface area contributed by atoms with Gasteiger partial charge in [-0.1, -0.05) is 29.8 Å². The number of carbonyl (C=O) groups is 1. The van der Waals surface area contributed by atoms with E-state index in [1.54, 1.807) is 31.2 Å². The van der Waals surface area contributed by atoms with E-state index in [4.69, 9.17) is 21.4 Å². The Kier molecular flexibility index (Phi) is 5.36. The van der Waals surface area contributed by atoms with Crippen LogP contribution in [0.15, 0.2) is 47.4 Å². The maximum Gasteiger partial charge on any atom is 0.324 e. The van der Waals surface area contributed by atoms with Crippen LogP contribution in [-0.4, -0.2) is 33.1 Å². The number of aliphatic carboxylic acids is 1. The maximum atomic E-state index is 12.9. The number of ether oxygens (including phenoxy) is 1. The molecule has 0 bridgehead atoms. The quantitative estimate of drug-likeness (QED) is 0.846. The molecule has 8 heteroatoms. The van der Waals surface area contributed by atoms with Gasteiger partial charge in [0, 0.05) is 0 Å². The van der Waals surface area contributed by atoms with E-state index in [2.05, 4.69) is 0 Å². The van der Waals surface area contributed by atoms with Crippen molar-refractivity contribution in [2.75, 3.05) is 18.0 Å². The fourth-order valence-electron chi connectivity index (χ4n) is 2.20. The summed E-state index contributed by atoms with van der Waals surface area (Å²) >= 11 is 6.00. The van der Waals surface area contributed by atoms with E-state index in [-0.39, 0.29) is 9.92 Å². The second-order valence-corrected chi connectivity index (χ2v) is 7.26. The monoisotopic (exact) mass is 369 g/mol. The summed E-state index contributed by atoms with van der Waals surface area (Å²) in [5, 5.41) is 9.25. The van der Waals surface area contributed by atoms with Gasteiger partial charge in [-0.2, -0.15) is 0 Å². The molecule has 0 saturated heterocycles. The Balaban J connectivity index is 2.58. The van der Waals surface area contributed by atoms with Crippen molar-refractivity contribution in [1.82, 2.24) is 0 Å². The van der Waals surface area contributed by atoms with E-state index >= 15 is 0 Å². The van der Waals surface area contributed by atoms with Crippen LogP contribution >= 0.6 is 11.6 Å². The average Bonchev–Trinajstić information content (AvgIpc) is 2.53. The summed E-state index contributed by atoms with van der Waals surface area (Å²) < 4.78 is 31.7. The number of anilines is 1. The van der Waals surface area contributed by atoms with Crippen LogP contribution in [0.3, 0.4) is 0 Å². The van der Waals surface area contributed by atoms with E-state index in [0.29, 0.717) is 17.0 Å². The van der Waals surface area contributed by atoms with E-state index in [1.165, 1.54) is 25.3 Å². The summed E-state index contributed by atoms with van der Waals surface area (Å²) in [6.45, 7) is 1.01. The summed E-state index contributed by atoms with van der Waals surface area (Å²) in [7, 11) is -2.69. The molecule has 24 heavy (non-hydrogen) atoms. The fourth-order valence-corrected chi connectivity index (χ4v) is 4.03. The highest BCUT2D eigenvalue weighted by atomic mass is 35.5. The van der Waals surface area contributed by atoms with Crippen molar-refractivity contribution >= 4 is 33.3 Å². The summed E-state index contributed by atoms with van der Waals surface area (Å²) in [4.78, 5) is 11.1. The number of aryl methyl sites for hydroxylation is 1. The largest absolute Gasteiger partial charge is 0.495 e. The molecule has 2 aromatic carbocycles. The lowest BCUT2D eigenvalue weighted by Gasteiger charge is -2.24. The molecule has 0 aliphatic rings. The second-order valence-electron chi connectivity index (χ2n) is 4.99. The van der Waals surface area contributed by atoms with E-state index in [0.717, 1.165) is 4.31 Å². The number of hydrogen-bond acceptors (Lipinski definition) is 4. The number of methoxy groups -OCH3 is 1. The van der Waals surface area contributed by atoms with Crippen molar-refractivity contribution in [3.8, 4) is 5.75 Å². The molecule has 0 amide bonds. The molecule has 1 N–H and O–H groups in total. The molecule has 2 aromatic rings. The molecule has 0 aliphatic carbocycles. The van der Waals surface area contributed by atoms with Gasteiger partial charge in [-0.05, 0) is 36.8 Å². The molecule has 0 heterocycles. The first-order valence-corrected chi connectivity index (χ1v) is 8.73. The Morgan fingerprint density at radius 2 is 1.92 bits per heavy atom. The minimum atomic E-state index is -4.11. The van der Waals surface area contributed by atoms with Crippen LogP contribution in [0.2, 0.25) is 5.02 Å². The van der Waals surface area contributed by atoms with Gasteiger partial charge in [0.05, 0.1) is 22.7 Å². The molecular weight excluding hydrogens is 354 g/mol. The van der Waals surface area contributed by atoms with E-state index in [1.807, 2.05) is 0 Å². The highest BCUT2D eigenvalue weighted by Gasteiger charge is 2.28. The van der Waals surface area contributed by atoms with E-state index < -0.39 is 22.5 Å². The molecule has 0 spiro atoms. The van der Waals surface area contributed by atoms with Crippen LogP contribution in [0, 0.1) is 6.92 Å². The zero-order chi connectivity index (χ0) is 17.9. The van der Waals surface area contributed by atoms with Crippen LogP contribution in [0.5, 0.6) is 5.75 Å². The van der Waals surface area contributed by atoms with Crippen molar-refractivity contribution in [3.63, 3.8) is 0 Å². The number of carboxylic acids is 1. The summed E-state index contributed by atoms with van der Waals surface area (Å²) in [5.41, 5.74) is 0.939. The summed E-state index contributed by atoms with van der Waals surface area (Å²) in [6.07, 6.45) is 0. The molecule has 128 valence electrons. The number of nitrogens with zero attached hydrogens (tertiary/aromatic N) is 1. The predicted molar refractivity (Wildman–Crippen MR) is 91.4 cm³/mol. The van der Waals surface area contributed by atoms with Crippen molar-refractivity contribution in [3.05, 3.63) is 53.1 Å². The lowest BCUT2D eigenvalue weighted by atomic mass is 10.2. The zero-order valence-electron chi connectivity index (χ0n) is 13.1. The van der Waals surface area contributed by atoms with Gasteiger partial charge in [-0.15, -0.1) is 0 Å². The Morgan fingerprint density at radius 3 is 2.46 bits per heavy atom. The van der Waals surface area contributed by atoms with Gasteiger partial charge in [0.1, 0.15) is 12.3 Å². The number of rotatable bonds is 6. The third-order valence-electron chi connectivity index (χ3n) is 3.37. The van der Waals surface area contributed by atoms with E-state index in [9.17, 15) is 13.2 Å². The second kappa shape index (κ2) is 7.11. The Hall–Kier alpha value is -2.25. The number of halogens is 1. The molecule has 0 atom stereocenters. The third-order valence-corrected chi connectivity index (χ3v) is 5.43. The van der Waals surface area contributed by atoms with Gasteiger partial charge in [0.2, 0.25) is 0 Å². The van der Waals surface area contributed by atoms with Crippen molar-refractivity contribution in [2.45, 2.75) is 11.8 Å². The van der Waals surface area contributed by atoms with Crippen LogP contribution in [0.4, 0.5) is 5.69 Å². The van der Waals surface area contributed by atoms with Gasteiger partial charge >= 0.3 is 5.97 Å². The van der Waals surface area contributed by atoms with Crippen molar-refractivity contribution in [1.29, 1.82) is 0 Å². The van der Waals surface area contributed by atoms with Gasteiger partial charge in [-0.25, -0.2) is 8.42 Å². The normalized spacial score (nSPS) is 11.1. The topological polar surface area (TPSA) is 83.9 Å². The Bertz CT molecular complexity index is 867.